The van der Waals surface area contributed by atoms with Crippen LogP contribution in [0.15, 0.2) is 116 Å². The SMILES string of the molecule is O=C(Nc1cccc2c1OCn1cnnc1-2)c1cccc(-n2cnc(C3CC3)c2)c1.O=C(Nc1cccc2c1OCn1nnnc1-2)c1cccc(-n2cnc(C3CC3)c2)c1. The van der Waals surface area contributed by atoms with E-state index in [-0.39, 0.29) is 18.5 Å². The van der Waals surface area contributed by atoms with Crippen LogP contribution in [0, 0.1) is 0 Å². The second-order valence-electron chi connectivity index (χ2n) is 15.0. The number of para-hydroxylation sites is 2. The molecule has 0 spiro atoms. The molecule has 2 fully saturated rings. The molecule has 0 saturated heterocycles. The summed E-state index contributed by atoms with van der Waals surface area (Å²) in [5, 5.41) is 25.6. The number of aromatic nitrogens is 11. The molecule has 4 aromatic carbocycles. The van der Waals surface area contributed by atoms with Crippen molar-refractivity contribution in [3.63, 3.8) is 0 Å². The number of nitrogens with one attached hydrogen (secondary N) is 2. The van der Waals surface area contributed by atoms with Gasteiger partial charge in [-0.1, -0.05) is 24.3 Å². The highest BCUT2D eigenvalue weighted by Gasteiger charge is 2.28. The highest BCUT2D eigenvalue weighted by Crippen LogP contribution is 2.42. The molecular weight excluding hydrogens is 763 g/mol. The largest absolute Gasteiger partial charge is 0.470 e. The molecule has 296 valence electrons. The molecule has 2 aliphatic carbocycles. The van der Waals surface area contributed by atoms with Crippen LogP contribution in [0.1, 0.15) is 69.6 Å². The standard InChI is InChI=1S/C22H18N6O2.C21H17N7O2/c29-22(15-3-1-4-16(9-15)27-10-19(23-11-27)14-7-8-14)25-18-6-2-5-17-20(18)30-13-28-12-24-26-21(17)28;29-21(14-3-1-4-15(9-14)27-10-18(22-11-27)13-7-8-13)23-17-6-2-5-16-19(17)30-12-28-20(16)24-25-26-28/h1-6,9-12,14H,7-8,13H2,(H,25,29);1-6,9-11,13H,7-8,12H2,(H,23,29). The smallest absolute Gasteiger partial charge is 0.255 e. The molecule has 0 bridgehead atoms. The summed E-state index contributed by atoms with van der Waals surface area (Å²) in [5.41, 5.74) is 7.87. The minimum Gasteiger partial charge on any atom is -0.470 e. The van der Waals surface area contributed by atoms with Crippen LogP contribution in [-0.4, -0.2) is 65.9 Å². The Bertz CT molecular complexity index is 2740. The van der Waals surface area contributed by atoms with E-state index in [0.717, 1.165) is 39.7 Å². The number of fused-ring (bicyclic) bond motifs is 6. The molecule has 17 nitrogen and oxygen atoms in total. The number of hydrogen-bond acceptors (Lipinski definition) is 11. The summed E-state index contributed by atoms with van der Waals surface area (Å²) < 4.78 is 19.0. The molecule has 4 aromatic heterocycles. The molecule has 0 radical (unpaired) electrons. The summed E-state index contributed by atoms with van der Waals surface area (Å²) in [7, 11) is 0. The topological polar surface area (TPSA) is 187 Å². The van der Waals surface area contributed by atoms with E-state index in [1.165, 1.54) is 25.7 Å². The van der Waals surface area contributed by atoms with E-state index in [4.69, 9.17) is 9.47 Å². The Balaban J connectivity index is 0.000000136. The van der Waals surface area contributed by atoms with Crippen molar-refractivity contribution < 1.29 is 19.1 Å². The van der Waals surface area contributed by atoms with Gasteiger partial charge in [-0.2, -0.15) is 4.68 Å². The molecule has 4 aliphatic rings. The minimum absolute atomic E-state index is 0.196. The van der Waals surface area contributed by atoms with E-state index in [2.05, 4.69) is 46.3 Å². The zero-order valence-corrected chi connectivity index (χ0v) is 31.9. The summed E-state index contributed by atoms with van der Waals surface area (Å²) in [5.74, 6) is 3.25. The molecule has 17 heteroatoms. The van der Waals surface area contributed by atoms with Gasteiger partial charge in [-0.15, -0.1) is 15.3 Å². The van der Waals surface area contributed by atoms with Gasteiger partial charge in [-0.05, 0) is 96.8 Å². The Hall–Kier alpha value is -7.95. The number of amides is 2. The Morgan fingerprint density at radius 1 is 0.617 bits per heavy atom. The van der Waals surface area contributed by atoms with Crippen molar-refractivity contribution in [1.82, 2.24) is 54.1 Å². The normalized spacial score (nSPS) is 14.5. The molecule has 8 aromatic rings. The summed E-state index contributed by atoms with van der Waals surface area (Å²) in [6.45, 7) is 0.503. The first kappa shape index (κ1) is 35.2. The molecule has 12 rings (SSSR count). The number of nitrogens with zero attached hydrogens (tertiary/aromatic N) is 11. The van der Waals surface area contributed by atoms with Crippen LogP contribution >= 0.6 is 0 Å². The maximum atomic E-state index is 13.0. The molecule has 6 heterocycles. The fraction of sp³-hybridized carbons (Fsp3) is 0.186. The zero-order chi connectivity index (χ0) is 40.2. The lowest BCUT2D eigenvalue weighted by Gasteiger charge is -2.21. The number of ether oxygens (including phenoxy) is 2. The molecule has 2 aliphatic heterocycles. The van der Waals surface area contributed by atoms with Gasteiger partial charge >= 0.3 is 0 Å². The van der Waals surface area contributed by atoms with Gasteiger partial charge in [0.1, 0.15) is 6.33 Å². The Kier molecular flexibility index (Phi) is 8.49. The highest BCUT2D eigenvalue weighted by molar-refractivity contribution is 6.06. The van der Waals surface area contributed by atoms with Crippen molar-refractivity contribution >= 4 is 23.2 Å². The predicted octanol–water partition coefficient (Wildman–Crippen LogP) is 6.62. The maximum Gasteiger partial charge on any atom is 0.255 e. The van der Waals surface area contributed by atoms with Crippen LogP contribution in [0.25, 0.3) is 34.2 Å². The van der Waals surface area contributed by atoms with E-state index in [9.17, 15) is 9.59 Å². The van der Waals surface area contributed by atoms with Crippen molar-refractivity contribution in [3.05, 3.63) is 139 Å². The molecule has 2 amide bonds. The molecule has 0 atom stereocenters. The lowest BCUT2D eigenvalue weighted by molar-refractivity contribution is 0.101. The van der Waals surface area contributed by atoms with Crippen LogP contribution < -0.4 is 20.1 Å². The van der Waals surface area contributed by atoms with Crippen LogP contribution in [0.2, 0.25) is 0 Å². The van der Waals surface area contributed by atoms with E-state index in [0.29, 0.717) is 58.4 Å². The van der Waals surface area contributed by atoms with Crippen LogP contribution in [0.5, 0.6) is 11.5 Å². The molecule has 2 N–H and O–H groups in total. The van der Waals surface area contributed by atoms with Crippen molar-refractivity contribution in [3.8, 4) is 45.6 Å². The zero-order valence-electron chi connectivity index (χ0n) is 31.9. The lowest BCUT2D eigenvalue weighted by Crippen LogP contribution is -2.18. The first-order valence-electron chi connectivity index (χ1n) is 19.6. The highest BCUT2D eigenvalue weighted by atomic mass is 16.5. The molecular formula is C43H35N13O4. The fourth-order valence-electron chi connectivity index (χ4n) is 7.38. The van der Waals surface area contributed by atoms with Crippen LogP contribution in [0.4, 0.5) is 11.4 Å². The molecule has 2 saturated carbocycles. The summed E-state index contributed by atoms with van der Waals surface area (Å²) >= 11 is 0. The number of hydrogen-bond donors (Lipinski definition) is 2. The van der Waals surface area contributed by atoms with Crippen molar-refractivity contribution in [1.29, 1.82) is 0 Å². The molecule has 60 heavy (non-hydrogen) atoms. The maximum absolute atomic E-state index is 13.0. The number of benzene rings is 4. The quantitative estimate of drug-likeness (QED) is 0.168. The van der Waals surface area contributed by atoms with Crippen LogP contribution in [0.3, 0.4) is 0 Å². The predicted molar refractivity (Wildman–Crippen MR) is 217 cm³/mol. The number of tetrazole rings is 1. The van der Waals surface area contributed by atoms with Crippen molar-refractivity contribution in [2.45, 2.75) is 51.0 Å². The van der Waals surface area contributed by atoms with Gasteiger partial charge in [0.05, 0.1) is 46.5 Å². The summed E-state index contributed by atoms with van der Waals surface area (Å²) in [4.78, 5) is 34.9. The van der Waals surface area contributed by atoms with Crippen LogP contribution in [-0.2, 0) is 13.5 Å². The molecule has 0 unspecified atom stereocenters. The van der Waals surface area contributed by atoms with E-state index in [1.54, 1.807) is 35.5 Å². The number of imidazole rings is 2. The van der Waals surface area contributed by atoms with E-state index < -0.39 is 0 Å². The van der Waals surface area contributed by atoms with Gasteiger partial charge in [0.2, 0.25) is 0 Å². The van der Waals surface area contributed by atoms with Gasteiger partial charge in [0, 0.05) is 46.7 Å². The average molecular weight is 798 g/mol. The van der Waals surface area contributed by atoms with Gasteiger partial charge in [0.25, 0.3) is 11.8 Å². The summed E-state index contributed by atoms with van der Waals surface area (Å²) in [6, 6.07) is 26.1. The van der Waals surface area contributed by atoms with E-state index >= 15 is 0 Å². The fourth-order valence-corrected chi connectivity index (χ4v) is 7.38. The third-order valence-electron chi connectivity index (χ3n) is 10.8. The first-order valence-corrected chi connectivity index (χ1v) is 19.6. The average Bonchev–Trinajstić information content (AvgIpc) is 4.02. The Labute approximate surface area is 341 Å². The lowest BCUT2D eigenvalue weighted by atomic mass is 10.1. The third-order valence-corrected chi connectivity index (χ3v) is 10.8. The van der Waals surface area contributed by atoms with E-state index in [1.807, 2.05) is 99.2 Å². The third kappa shape index (κ3) is 6.70. The van der Waals surface area contributed by atoms with Crippen molar-refractivity contribution in [2.24, 2.45) is 0 Å². The van der Waals surface area contributed by atoms with Crippen molar-refractivity contribution in [2.75, 3.05) is 10.6 Å². The van der Waals surface area contributed by atoms with Gasteiger partial charge < -0.3 is 29.2 Å². The Morgan fingerprint density at radius 3 is 1.75 bits per heavy atom. The van der Waals surface area contributed by atoms with Gasteiger partial charge in [-0.3, -0.25) is 14.2 Å². The van der Waals surface area contributed by atoms with Gasteiger partial charge in [-0.25, -0.2) is 9.97 Å². The summed E-state index contributed by atoms with van der Waals surface area (Å²) in [6.07, 6.45) is 14.1. The monoisotopic (exact) mass is 797 g/mol. The Morgan fingerprint density at radius 2 is 1.17 bits per heavy atom. The first-order chi connectivity index (χ1) is 29.5. The minimum atomic E-state index is -0.221. The second-order valence-corrected chi connectivity index (χ2v) is 15.0. The number of carbonyl (C=O) groups excluding carboxylic acids is 2. The van der Waals surface area contributed by atoms with Gasteiger partial charge in [0.15, 0.2) is 36.6 Å². The number of rotatable bonds is 8. The number of anilines is 2. The number of carbonyl (C=O) groups is 2. The second kappa shape index (κ2) is 14.5.